The lowest BCUT2D eigenvalue weighted by Crippen LogP contribution is -2.16. The van der Waals surface area contributed by atoms with Crippen molar-refractivity contribution < 1.29 is 0 Å². The minimum absolute atomic E-state index is 0.00545. The number of nitrogens with zero attached hydrogens (tertiary/aromatic N) is 2. The summed E-state index contributed by atoms with van der Waals surface area (Å²) in [5, 5.41) is 0.663. The Labute approximate surface area is 84.4 Å². The van der Waals surface area contributed by atoms with E-state index in [0.29, 0.717) is 5.02 Å². The molecule has 1 rings (SSSR count). The van der Waals surface area contributed by atoms with E-state index in [2.05, 4.69) is 30.7 Å². The smallest absolute Gasteiger partial charge is 0.133 e. The maximum Gasteiger partial charge on any atom is 0.133 e. The summed E-state index contributed by atoms with van der Waals surface area (Å²) in [5.41, 5.74) is 0.927. The Morgan fingerprint density at radius 1 is 1.38 bits per heavy atom. The first-order valence-electron chi connectivity index (χ1n) is 4.47. The Morgan fingerprint density at radius 2 is 2.00 bits per heavy atom. The van der Waals surface area contributed by atoms with Crippen molar-refractivity contribution in [1.29, 1.82) is 0 Å². The van der Waals surface area contributed by atoms with Crippen LogP contribution in [0, 0.1) is 0 Å². The van der Waals surface area contributed by atoms with Crippen LogP contribution in [0.1, 0.15) is 39.2 Å². The third-order valence-corrected chi connectivity index (χ3v) is 2.14. The Morgan fingerprint density at radius 3 is 2.46 bits per heavy atom. The number of hydrogen-bond acceptors (Lipinski definition) is 2. The molecule has 0 aliphatic carbocycles. The molecular formula is C10H15ClN2. The van der Waals surface area contributed by atoms with Gasteiger partial charge in [0.2, 0.25) is 0 Å². The molecular weight excluding hydrogens is 184 g/mol. The first kappa shape index (κ1) is 10.5. The van der Waals surface area contributed by atoms with Crippen LogP contribution >= 0.6 is 11.6 Å². The second-order valence-electron chi connectivity index (χ2n) is 4.09. The Hall–Kier alpha value is -0.630. The molecule has 0 fully saturated rings. The molecule has 1 aromatic rings. The van der Waals surface area contributed by atoms with Gasteiger partial charge in [-0.05, 0) is 6.42 Å². The van der Waals surface area contributed by atoms with E-state index in [1.54, 1.807) is 6.20 Å². The van der Waals surface area contributed by atoms with Crippen molar-refractivity contribution in [1.82, 2.24) is 9.97 Å². The second kappa shape index (κ2) is 3.62. The molecule has 0 aliphatic rings. The lowest BCUT2D eigenvalue weighted by atomic mass is 9.95. The zero-order valence-electron chi connectivity index (χ0n) is 8.56. The van der Waals surface area contributed by atoms with Gasteiger partial charge >= 0.3 is 0 Å². The van der Waals surface area contributed by atoms with Gasteiger partial charge in [0.1, 0.15) is 5.82 Å². The van der Waals surface area contributed by atoms with Gasteiger partial charge < -0.3 is 0 Å². The van der Waals surface area contributed by atoms with Crippen molar-refractivity contribution in [3.8, 4) is 0 Å². The number of aryl methyl sites for hydroxylation is 1. The van der Waals surface area contributed by atoms with E-state index in [1.807, 2.05) is 6.92 Å². The topological polar surface area (TPSA) is 25.8 Å². The van der Waals surface area contributed by atoms with Crippen LogP contribution in [0.2, 0.25) is 5.02 Å². The van der Waals surface area contributed by atoms with Gasteiger partial charge in [-0.3, -0.25) is 0 Å². The second-order valence-corrected chi connectivity index (χ2v) is 4.50. The van der Waals surface area contributed by atoms with Crippen molar-refractivity contribution in [3.63, 3.8) is 0 Å². The highest BCUT2D eigenvalue weighted by atomic mass is 35.5. The normalized spacial score (nSPS) is 11.8. The molecule has 1 aromatic heterocycles. The van der Waals surface area contributed by atoms with Gasteiger partial charge in [-0.1, -0.05) is 39.3 Å². The van der Waals surface area contributed by atoms with E-state index in [-0.39, 0.29) is 5.41 Å². The van der Waals surface area contributed by atoms with Crippen molar-refractivity contribution in [2.75, 3.05) is 0 Å². The summed E-state index contributed by atoms with van der Waals surface area (Å²) in [6, 6.07) is 0. The molecule has 72 valence electrons. The van der Waals surface area contributed by atoms with Gasteiger partial charge in [-0.2, -0.15) is 0 Å². The van der Waals surface area contributed by atoms with E-state index in [4.69, 9.17) is 11.6 Å². The van der Waals surface area contributed by atoms with Crippen molar-refractivity contribution in [2.45, 2.75) is 39.5 Å². The predicted octanol–water partition coefficient (Wildman–Crippen LogP) is 2.99. The molecule has 3 heteroatoms. The molecule has 0 N–H and O–H groups in total. The van der Waals surface area contributed by atoms with Gasteiger partial charge in [0.05, 0.1) is 10.7 Å². The fraction of sp³-hybridized carbons (Fsp3) is 0.600. The van der Waals surface area contributed by atoms with Crippen molar-refractivity contribution in [3.05, 3.63) is 22.7 Å². The summed E-state index contributed by atoms with van der Waals surface area (Å²) in [6.45, 7) is 8.32. The maximum atomic E-state index is 5.92. The summed E-state index contributed by atoms with van der Waals surface area (Å²) in [4.78, 5) is 8.63. The molecule has 1 heterocycles. The highest BCUT2D eigenvalue weighted by Crippen LogP contribution is 2.21. The van der Waals surface area contributed by atoms with Crippen molar-refractivity contribution in [2.24, 2.45) is 0 Å². The number of aromatic nitrogens is 2. The Bertz CT molecular complexity index is 302. The average Bonchev–Trinajstić information content (AvgIpc) is 2.03. The number of halogens is 1. The van der Waals surface area contributed by atoms with Crippen molar-refractivity contribution >= 4 is 11.6 Å². The molecule has 0 saturated heterocycles. The maximum absolute atomic E-state index is 5.92. The molecule has 0 unspecified atom stereocenters. The van der Waals surface area contributed by atoms with Gasteiger partial charge in [0.15, 0.2) is 0 Å². The van der Waals surface area contributed by atoms with Crippen LogP contribution in [0.25, 0.3) is 0 Å². The number of hydrogen-bond donors (Lipinski definition) is 0. The first-order chi connectivity index (χ1) is 5.95. The Kier molecular flexibility index (Phi) is 2.91. The molecule has 0 aromatic carbocycles. The lowest BCUT2D eigenvalue weighted by Gasteiger charge is -2.17. The summed E-state index contributed by atoms with van der Waals surface area (Å²) < 4.78 is 0. The standard InChI is InChI=1S/C10H15ClN2/c1-5-8-7(11)6-12-9(13-8)10(2,3)4/h6H,5H2,1-4H3. The molecule has 0 aliphatic heterocycles. The predicted molar refractivity (Wildman–Crippen MR) is 55.1 cm³/mol. The van der Waals surface area contributed by atoms with Crippen LogP contribution in [0.15, 0.2) is 6.20 Å². The third-order valence-electron chi connectivity index (χ3n) is 1.82. The van der Waals surface area contributed by atoms with E-state index < -0.39 is 0 Å². The van der Waals surface area contributed by atoms with E-state index in [9.17, 15) is 0 Å². The summed E-state index contributed by atoms with van der Waals surface area (Å²) in [5.74, 6) is 0.855. The summed E-state index contributed by atoms with van der Waals surface area (Å²) in [7, 11) is 0. The molecule has 0 amide bonds. The SMILES string of the molecule is CCc1nc(C(C)(C)C)ncc1Cl. The zero-order chi connectivity index (χ0) is 10.1. The monoisotopic (exact) mass is 198 g/mol. The molecule has 0 atom stereocenters. The first-order valence-corrected chi connectivity index (χ1v) is 4.85. The Balaban J connectivity index is 3.14. The number of rotatable bonds is 1. The molecule has 0 spiro atoms. The summed E-state index contributed by atoms with van der Waals surface area (Å²) in [6.07, 6.45) is 2.54. The minimum atomic E-state index is -0.00545. The lowest BCUT2D eigenvalue weighted by molar-refractivity contribution is 0.541. The zero-order valence-corrected chi connectivity index (χ0v) is 9.31. The van der Waals surface area contributed by atoms with Crippen LogP contribution in [-0.4, -0.2) is 9.97 Å². The highest BCUT2D eigenvalue weighted by molar-refractivity contribution is 6.31. The van der Waals surface area contributed by atoms with Crippen LogP contribution in [0.3, 0.4) is 0 Å². The minimum Gasteiger partial charge on any atom is -0.239 e. The fourth-order valence-electron chi connectivity index (χ4n) is 1.01. The van der Waals surface area contributed by atoms with Crippen LogP contribution in [0.5, 0.6) is 0 Å². The average molecular weight is 199 g/mol. The van der Waals surface area contributed by atoms with Crippen LogP contribution in [-0.2, 0) is 11.8 Å². The fourth-order valence-corrected chi connectivity index (χ4v) is 1.24. The quantitative estimate of drug-likeness (QED) is 0.694. The van der Waals surface area contributed by atoms with Gasteiger partial charge in [-0.25, -0.2) is 9.97 Å². The largest absolute Gasteiger partial charge is 0.239 e. The van der Waals surface area contributed by atoms with Gasteiger partial charge in [0.25, 0.3) is 0 Å². The molecule has 0 saturated carbocycles. The van der Waals surface area contributed by atoms with Gasteiger partial charge in [-0.15, -0.1) is 0 Å². The van der Waals surface area contributed by atoms with Crippen LogP contribution in [0.4, 0.5) is 0 Å². The third kappa shape index (κ3) is 2.41. The molecule has 2 nitrogen and oxygen atoms in total. The molecule has 0 bridgehead atoms. The van der Waals surface area contributed by atoms with Crippen LogP contribution < -0.4 is 0 Å². The van der Waals surface area contributed by atoms with E-state index >= 15 is 0 Å². The van der Waals surface area contributed by atoms with E-state index in [1.165, 1.54) is 0 Å². The van der Waals surface area contributed by atoms with Gasteiger partial charge in [0, 0.05) is 11.6 Å². The highest BCUT2D eigenvalue weighted by Gasteiger charge is 2.18. The van der Waals surface area contributed by atoms with E-state index in [0.717, 1.165) is 17.9 Å². The molecule has 13 heavy (non-hydrogen) atoms. The molecule has 0 radical (unpaired) electrons. The summed E-state index contributed by atoms with van der Waals surface area (Å²) >= 11 is 5.92.